The Morgan fingerprint density at radius 2 is 1.68 bits per heavy atom. The number of carbonyl (C=O) groups excluding carboxylic acids is 2. The highest BCUT2D eigenvalue weighted by Gasteiger charge is 2.25. The van der Waals surface area contributed by atoms with Gasteiger partial charge in [-0.2, -0.15) is 0 Å². The molecule has 28 heavy (non-hydrogen) atoms. The molecular weight excluding hydrogens is 355 g/mol. The van der Waals surface area contributed by atoms with E-state index >= 15 is 0 Å². The molecule has 5 heteroatoms. The van der Waals surface area contributed by atoms with Crippen LogP contribution in [0.25, 0.3) is 0 Å². The van der Waals surface area contributed by atoms with Gasteiger partial charge >= 0.3 is 0 Å². The number of piperidine rings is 1. The van der Waals surface area contributed by atoms with Crippen molar-refractivity contribution in [2.75, 3.05) is 19.6 Å². The highest BCUT2D eigenvalue weighted by atomic mass is 19.1. The Morgan fingerprint density at radius 1 is 1.00 bits per heavy atom. The minimum absolute atomic E-state index is 0.0841. The van der Waals surface area contributed by atoms with Crippen molar-refractivity contribution in [3.8, 4) is 0 Å². The first kappa shape index (κ1) is 20.1. The summed E-state index contributed by atoms with van der Waals surface area (Å²) in [6, 6.07) is 16.2. The Kier molecular flexibility index (Phi) is 7.18. The first-order chi connectivity index (χ1) is 13.6. The lowest BCUT2D eigenvalue weighted by atomic mass is 9.91. The summed E-state index contributed by atoms with van der Waals surface area (Å²) in [7, 11) is 0. The topological polar surface area (TPSA) is 49.4 Å². The number of halogens is 1. The van der Waals surface area contributed by atoms with Gasteiger partial charge in [-0.15, -0.1) is 0 Å². The molecule has 1 aliphatic heterocycles. The van der Waals surface area contributed by atoms with Gasteiger partial charge in [0.05, 0.1) is 5.56 Å². The number of amides is 2. The Labute approximate surface area is 165 Å². The van der Waals surface area contributed by atoms with Crippen LogP contribution in [0.4, 0.5) is 4.39 Å². The summed E-state index contributed by atoms with van der Waals surface area (Å²) < 4.78 is 13.8. The number of nitrogens with zero attached hydrogens (tertiary/aromatic N) is 1. The SMILES string of the molecule is O=C(CCC1CCN(C(=O)c2ccccc2F)CC1)NCCc1ccccc1. The number of hydrogen-bond donors (Lipinski definition) is 1. The standard InChI is InChI=1S/C23H27FN2O2/c24-21-9-5-4-8-20(21)23(28)26-16-13-19(14-17-26)10-11-22(27)25-15-12-18-6-2-1-3-7-18/h1-9,19H,10-17H2,(H,25,27). The zero-order chi connectivity index (χ0) is 19.8. The maximum Gasteiger partial charge on any atom is 0.256 e. The molecule has 2 aromatic rings. The van der Waals surface area contributed by atoms with E-state index in [1.54, 1.807) is 17.0 Å². The number of nitrogens with one attached hydrogen (secondary N) is 1. The summed E-state index contributed by atoms with van der Waals surface area (Å²) in [5, 5.41) is 2.98. The van der Waals surface area contributed by atoms with Crippen molar-refractivity contribution in [1.82, 2.24) is 10.2 Å². The summed E-state index contributed by atoms with van der Waals surface area (Å²) in [5.41, 5.74) is 1.36. The molecule has 4 nitrogen and oxygen atoms in total. The van der Waals surface area contributed by atoms with E-state index in [1.165, 1.54) is 17.7 Å². The van der Waals surface area contributed by atoms with Gasteiger partial charge in [0.15, 0.2) is 0 Å². The van der Waals surface area contributed by atoms with Gasteiger partial charge < -0.3 is 10.2 Å². The third-order valence-corrected chi connectivity index (χ3v) is 5.36. The number of carbonyl (C=O) groups is 2. The Morgan fingerprint density at radius 3 is 2.39 bits per heavy atom. The molecule has 2 aromatic carbocycles. The zero-order valence-corrected chi connectivity index (χ0v) is 16.1. The van der Waals surface area contributed by atoms with Gasteiger partial charge in [-0.05, 0) is 49.3 Å². The second kappa shape index (κ2) is 10.0. The molecule has 0 aromatic heterocycles. The molecule has 1 fully saturated rings. The van der Waals surface area contributed by atoms with Crippen LogP contribution < -0.4 is 5.32 Å². The second-order valence-electron chi connectivity index (χ2n) is 7.34. The first-order valence-corrected chi connectivity index (χ1v) is 9.98. The van der Waals surface area contributed by atoms with Crippen molar-refractivity contribution in [1.29, 1.82) is 0 Å². The van der Waals surface area contributed by atoms with Gasteiger partial charge in [0.1, 0.15) is 5.82 Å². The average Bonchev–Trinajstić information content (AvgIpc) is 2.73. The molecular formula is C23H27FN2O2. The van der Waals surface area contributed by atoms with E-state index in [0.717, 1.165) is 25.7 Å². The minimum Gasteiger partial charge on any atom is -0.356 e. The Bertz CT molecular complexity index is 786. The summed E-state index contributed by atoms with van der Waals surface area (Å²) in [5.74, 6) is -0.192. The quantitative estimate of drug-likeness (QED) is 0.791. The highest BCUT2D eigenvalue weighted by molar-refractivity contribution is 5.94. The van der Waals surface area contributed by atoms with E-state index < -0.39 is 5.82 Å². The van der Waals surface area contributed by atoms with Gasteiger partial charge in [-0.3, -0.25) is 9.59 Å². The maximum atomic E-state index is 13.8. The summed E-state index contributed by atoms with van der Waals surface area (Å²) in [6.45, 7) is 1.89. The predicted octanol–water partition coefficient (Wildman–Crippen LogP) is 3.82. The van der Waals surface area contributed by atoms with Gasteiger partial charge in [0, 0.05) is 26.1 Å². The lowest BCUT2D eigenvalue weighted by Gasteiger charge is -2.32. The smallest absolute Gasteiger partial charge is 0.256 e. The van der Waals surface area contributed by atoms with Crippen LogP contribution >= 0.6 is 0 Å². The third kappa shape index (κ3) is 5.65. The fraction of sp³-hybridized carbons (Fsp3) is 0.391. The number of likely N-dealkylation sites (tertiary alicyclic amines) is 1. The Balaban J connectivity index is 1.34. The Hall–Kier alpha value is -2.69. The predicted molar refractivity (Wildman–Crippen MR) is 107 cm³/mol. The largest absolute Gasteiger partial charge is 0.356 e. The van der Waals surface area contributed by atoms with Crippen molar-refractivity contribution in [3.63, 3.8) is 0 Å². The molecule has 1 saturated heterocycles. The van der Waals surface area contributed by atoms with Crippen LogP contribution in [0.1, 0.15) is 41.6 Å². The third-order valence-electron chi connectivity index (χ3n) is 5.36. The summed E-state index contributed by atoms with van der Waals surface area (Å²) in [4.78, 5) is 26.2. The van der Waals surface area contributed by atoms with E-state index in [-0.39, 0.29) is 17.4 Å². The molecule has 0 radical (unpaired) electrons. The van der Waals surface area contributed by atoms with Crippen molar-refractivity contribution < 1.29 is 14.0 Å². The van der Waals surface area contributed by atoms with Crippen molar-refractivity contribution >= 4 is 11.8 Å². The molecule has 1 heterocycles. The van der Waals surface area contributed by atoms with Crippen LogP contribution in [0, 0.1) is 11.7 Å². The molecule has 0 bridgehead atoms. The van der Waals surface area contributed by atoms with Gasteiger partial charge in [0.2, 0.25) is 5.91 Å². The number of hydrogen-bond acceptors (Lipinski definition) is 2. The molecule has 0 saturated carbocycles. The van der Waals surface area contributed by atoms with E-state index in [1.807, 2.05) is 18.2 Å². The normalized spacial score (nSPS) is 14.7. The lowest BCUT2D eigenvalue weighted by molar-refractivity contribution is -0.121. The van der Waals surface area contributed by atoms with Gasteiger partial charge in [0.25, 0.3) is 5.91 Å². The maximum absolute atomic E-state index is 13.8. The van der Waals surface area contributed by atoms with E-state index in [4.69, 9.17) is 0 Å². The molecule has 2 amide bonds. The van der Waals surface area contributed by atoms with Crippen LogP contribution in [-0.2, 0) is 11.2 Å². The summed E-state index contributed by atoms with van der Waals surface area (Å²) >= 11 is 0. The van der Waals surface area contributed by atoms with Crippen LogP contribution in [0.2, 0.25) is 0 Å². The average molecular weight is 382 g/mol. The van der Waals surface area contributed by atoms with E-state index in [2.05, 4.69) is 17.4 Å². The number of benzene rings is 2. The van der Waals surface area contributed by atoms with Crippen molar-refractivity contribution in [2.24, 2.45) is 5.92 Å². The molecule has 0 atom stereocenters. The lowest BCUT2D eigenvalue weighted by Crippen LogP contribution is -2.39. The number of rotatable bonds is 7. The van der Waals surface area contributed by atoms with Crippen LogP contribution in [0.15, 0.2) is 54.6 Å². The van der Waals surface area contributed by atoms with E-state index in [0.29, 0.717) is 32.0 Å². The van der Waals surface area contributed by atoms with Crippen molar-refractivity contribution in [2.45, 2.75) is 32.1 Å². The molecule has 1 N–H and O–H groups in total. The molecule has 0 unspecified atom stereocenters. The minimum atomic E-state index is -0.471. The molecule has 148 valence electrons. The van der Waals surface area contributed by atoms with Crippen LogP contribution in [-0.4, -0.2) is 36.3 Å². The van der Waals surface area contributed by atoms with Crippen molar-refractivity contribution in [3.05, 3.63) is 71.5 Å². The van der Waals surface area contributed by atoms with Crippen LogP contribution in [0.3, 0.4) is 0 Å². The first-order valence-electron chi connectivity index (χ1n) is 9.98. The second-order valence-corrected chi connectivity index (χ2v) is 7.34. The van der Waals surface area contributed by atoms with Gasteiger partial charge in [-0.25, -0.2) is 4.39 Å². The summed E-state index contributed by atoms with van der Waals surface area (Å²) in [6.07, 6.45) is 3.90. The zero-order valence-electron chi connectivity index (χ0n) is 16.1. The molecule has 0 aliphatic carbocycles. The monoisotopic (exact) mass is 382 g/mol. The van der Waals surface area contributed by atoms with E-state index in [9.17, 15) is 14.0 Å². The molecule has 0 spiro atoms. The molecule has 3 rings (SSSR count). The van der Waals surface area contributed by atoms with Gasteiger partial charge in [-0.1, -0.05) is 42.5 Å². The fourth-order valence-corrected chi connectivity index (χ4v) is 3.64. The van der Waals surface area contributed by atoms with Crippen LogP contribution in [0.5, 0.6) is 0 Å². The molecule has 1 aliphatic rings. The highest BCUT2D eigenvalue weighted by Crippen LogP contribution is 2.23. The fourth-order valence-electron chi connectivity index (χ4n) is 3.64.